The van der Waals surface area contributed by atoms with Gasteiger partial charge in [-0.15, -0.1) is 0 Å². The lowest BCUT2D eigenvalue weighted by Gasteiger charge is -2.24. The first-order valence-corrected chi connectivity index (χ1v) is 11.0. The number of hydrogen-bond donors (Lipinski definition) is 2. The van der Waals surface area contributed by atoms with Gasteiger partial charge in [-0.25, -0.2) is 14.4 Å². The van der Waals surface area contributed by atoms with Crippen molar-refractivity contribution in [3.8, 4) is 0 Å². The van der Waals surface area contributed by atoms with Gasteiger partial charge in [-0.05, 0) is 48.5 Å². The van der Waals surface area contributed by atoms with E-state index >= 15 is 0 Å². The molecule has 3 rings (SSSR count). The molecule has 0 fully saturated rings. The summed E-state index contributed by atoms with van der Waals surface area (Å²) in [5.74, 6) is -5.06. The summed E-state index contributed by atoms with van der Waals surface area (Å²) in [6.07, 6.45) is -4.32. The number of ether oxygens (including phenoxy) is 2. The standard InChI is InChI=1S/C24H16Cl3NO7/c25-13-9-11-14(12-10-13)28-21(29)19(34-23(32)15-5-1-3-7-17(15)26)20(22(30)31)35-24(33)16-6-2-4-8-18(16)27/h1-12,19-20H,(H,28,29)(H,30,31)/t19-,20-/m0/s1. The number of carboxylic acids is 1. The van der Waals surface area contributed by atoms with E-state index < -0.39 is 36.0 Å². The van der Waals surface area contributed by atoms with Crippen LogP contribution >= 0.6 is 34.8 Å². The van der Waals surface area contributed by atoms with Crippen LogP contribution in [0.4, 0.5) is 5.69 Å². The van der Waals surface area contributed by atoms with Gasteiger partial charge in [0.1, 0.15) is 0 Å². The van der Waals surface area contributed by atoms with E-state index in [1.165, 1.54) is 60.7 Å². The molecule has 0 heterocycles. The maximum Gasteiger partial charge on any atom is 0.349 e. The average Bonchev–Trinajstić information content (AvgIpc) is 2.82. The van der Waals surface area contributed by atoms with Crippen molar-refractivity contribution >= 4 is 64.3 Å². The molecule has 0 aliphatic heterocycles. The van der Waals surface area contributed by atoms with Gasteiger partial charge < -0.3 is 19.9 Å². The predicted octanol–water partition coefficient (Wildman–Crippen LogP) is 5.12. The number of rotatable bonds is 8. The number of halogens is 3. The molecule has 35 heavy (non-hydrogen) atoms. The molecule has 2 atom stereocenters. The maximum atomic E-state index is 13.0. The van der Waals surface area contributed by atoms with Gasteiger partial charge >= 0.3 is 17.9 Å². The zero-order valence-corrected chi connectivity index (χ0v) is 19.9. The van der Waals surface area contributed by atoms with E-state index in [9.17, 15) is 24.3 Å². The van der Waals surface area contributed by atoms with Crippen LogP contribution in [0.25, 0.3) is 0 Å². The highest BCUT2D eigenvalue weighted by Crippen LogP contribution is 2.22. The minimum atomic E-state index is -2.22. The van der Waals surface area contributed by atoms with Crippen LogP contribution in [0.1, 0.15) is 20.7 Å². The second kappa shape index (κ2) is 11.7. The molecule has 0 spiro atoms. The van der Waals surface area contributed by atoms with Crippen molar-refractivity contribution in [3.05, 3.63) is 99.0 Å². The Kier molecular flexibility index (Phi) is 8.70. The molecule has 0 saturated heterocycles. The van der Waals surface area contributed by atoms with Crippen LogP contribution in [-0.4, -0.2) is 41.1 Å². The lowest BCUT2D eigenvalue weighted by atomic mass is 10.1. The largest absolute Gasteiger partial charge is 0.478 e. The second-order valence-electron chi connectivity index (χ2n) is 6.95. The third-order valence-corrected chi connectivity index (χ3v) is 5.46. The first kappa shape index (κ1) is 26.0. The Morgan fingerprint density at radius 1 is 0.686 bits per heavy atom. The van der Waals surface area contributed by atoms with Gasteiger partial charge in [-0.3, -0.25) is 4.79 Å². The summed E-state index contributed by atoms with van der Waals surface area (Å²) in [6, 6.07) is 17.4. The summed E-state index contributed by atoms with van der Waals surface area (Å²) >= 11 is 17.9. The van der Waals surface area contributed by atoms with E-state index in [4.69, 9.17) is 44.3 Å². The van der Waals surface area contributed by atoms with Crippen LogP contribution in [0, 0.1) is 0 Å². The Balaban J connectivity index is 1.93. The van der Waals surface area contributed by atoms with Gasteiger partial charge in [-0.1, -0.05) is 59.1 Å². The van der Waals surface area contributed by atoms with Crippen molar-refractivity contribution < 1.29 is 33.8 Å². The number of esters is 2. The minimum Gasteiger partial charge on any atom is -0.478 e. The molecular weight excluding hydrogens is 521 g/mol. The fourth-order valence-electron chi connectivity index (χ4n) is 2.85. The number of carbonyl (C=O) groups is 4. The van der Waals surface area contributed by atoms with E-state index in [0.29, 0.717) is 5.02 Å². The molecule has 0 saturated carbocycles. The highest BCUT2D eigenvalue weighted by Gasteiger charge is 2.41. The summed E-state index contributed by atoms with van der Waals surface area (Å²) in [5, 5.41) is 12.6. The number of carboxylic acid groups (broad SMARTS) is 1. The second-order valence-corrected chi connectivity index (χ2v) is 8.20. The number of amides is 1. The Labute approximate surface area is 214 Å². The molecule has 8 nitrogen and oxygen atoms in total. The highest BCUT2D eigenvalue weighted by atomic mass is 35.5. The molecule has 0 aliphatic rings. The number of aliphatic carboxylic acids is 1. The van der Waals surface area contributed by atoms with Gasteiger partial charge in [0, 0.05) is 10.7 Å². The molecule has 0 unspecified atom stereocenters. The van der Waals surface area contributed by atoms with Crippen LogP contribution in [0.15, 0.2) is 72.8 Å². The quantitative estimate of drug-likeness (QED) is 0.383. The van der Waals surface area contributed by atoms with E-state index in [-0.39, 0.29) is 26.9 Å². The van der Waals surface area contributed by atoms with Crippen LogP contribution in [0.3, 0.4) is 0 Å². The lowest BCUT2D eigenvalue weighted by Crippen LogP contribution is -2.48. The van der Waals surface area contributed by atoms with E-state index in [0.717, 1.165) is 0 Å². The number of carbonyl (C=O) groups excluding carboxylic acids is 3. The number of nitrogens with one attached hydrogen (secondary N) is 1. The molecule has 0 bridgehead atoms. The molecule has 180 valence electrons. The molecule has 2 N–H and O–H groups in total. The zero-order chi connectivity index (χ0) is 25.5. The minimum absolute atomic E-state index is 0.00290. The highest BCUT2D eigenvalue weighted by molar-refractivity contribution is 6.34. The monoisotopic (exact) mass is 535 g/mol. The Hall–Kier alpha value is -3.59. The third-order valence-electron chi connectivity index (χ3n) is 4.54. The van der Waals surface area contributed by atoms with Gasteiger partial charge in [0.2, 0.25) is 12.2 Å². The topological polar surface area (TPSA) is 119 Å². The summed E-state index contributed by atoms with van der Waals surface area (Å²) in [5.41, 5.74) is -0.0468. The lowest BCUT2D eigenvalue weighted by molar-refractivity contribution is -0.157. The Bertz CT molecular complexity index is 1260. The zero-order valence-electron chi connectivity index (χ0n) is 17.6. The van der Waals surface area contributed by atoms with Crippen LogP contribution < -0.4 is 5.32 Å². The van der Waals surface area contributed by atoms with Crippen molar-refractivity contribution in [1.29, 1.82) is 0 Å². The van der Waals surface area contributed by atoms with Crippen molar-refractivity contribution in [2.45, 2.75) is 12.2 Å². The number of anilines is 1. The van der Waals surface area contributed by atoms with Gasteiger partial charge in [-0.2, -0.15) is 0 Å². The Morgan fingerprint density at radius 2 is 1.14 bits per heavy atom. The molecule has 3 aromatic rings. The fourth-order valence-corrected chi connectivity index (χ4v) is 3.40. The SMILES string of the molecule is O=C(O[C@H](C(=O)O)[C@H](OC(=O)c1ccccc1Cl)C(=O)Nc1ccc(Cl)cc1)c1ccccc1Cl. The first-order valence-electron chi connectivity index (χ1n) is 9.87. The molecule has 11 heteroatoms. The van der Waals surface area contributed by atoms with Crippen LogP contribution in [0.2, 0.25) is 15.1 Å². The molecule has 0 radical (unpaired) electrons. The van der Waals surface area contributed by atoms with Crippen molar-refractivity contribution in [2.75, 3.05) is 5.32 Å². The smallest absolute Gasteiger partial charge is 0.349 e. The molecule has 0 aliphatic carbocycles. The van der Waals surface area contributed by atoms with Gasteiger partial charge in [0.15, 0.2) is 0 Å². The van der Waals surface area contributed by atoms with Crippen molar-refractivity contribution in [2.24, 2.45) is 0 Å². The van der Waals surface area contributed by atoms with E-state index in [2.05, 4.69) is 5.32 Å². The summed E-state index contributed by atoms with van der Waals surface area (Å²) in [6.45, 7) is 0. The molecule has 0 aromatic heterocycles. The average molecular weight is 537 g/mol. The van der Waals surface area contributed by atoms with E-state index in [1.54, 1.807) is 12.1 Å². The predicted molar refractivity (Wildman–Crippen MR) is 129 cm³/mol. The third kappa shape index (κ3) is 6.73. The van der Waals surface area contributed by atoms with Crippen LogP contribution in [-0.2, 0) is 19.1 Å². The normalized spacial score (nSPS) is 12.2. The van der Waals surface area contributed by atoms with Crippen LogP contribution in [0.5, 0.6) is 0 Å². The summed E-state index contributed by atoms with van der Waals surface area (Å²) in [4.78, 5) is 50.5. The summed E-state index contributed by atoms with van der Waals surface area (Å²) in [7, 11) is 0. The molecule has 3 aromatic carbocycles. The number of benzene rings is 3. The first-order chi connectivity index (χ1) is 16.7. The molecular formula is C24H16Cl3NO7. The maximum absolute atomic E-state index is 13.0. The van der Waals surface area contributed by atoms with Gasteiger partial charge in [0.25, 0.3) is 5.91 Å². The van der Waals surface area contributed by atoms with Crippen molar-refractivity contribution in [3.63, 3.8) is 0 Å². The van der Waals surface area contributed by atoms with E-state index in [1.807, 2.05) is 0 Å². The van der Waals surface area contributed by atoms with Crippen molar-refractivity contribution in [1.82, 2.24) is 0 Å². The Morgan fingerprint density at radius 3 is 1.60 bits per heavy atom. The molecule has 1 amide bonds. The summed E-state index contributed by atoms with van der Waals surface area (Å²) < 4.78 is 10.3. The fraction of sp³-hybridized carbons (Fsp3) is 0.0833. The number of hydrogen-bond acceptors (Lipinski definition) is 6. The van der Waals surface area contributed by atoms with Gasteiger partial charge in [0.05, 0.1) is 21.2 Å².